The molecule has 0 radical (unpaired) electrons. The lowest BCUT2D eigenvalue weighted by Crippen LogP contribution is -2.33. The highest BCUT2D eigenvalue weighted by Gasteiger charge is 2.32. The number of amides is 1. The van der Waals surface area contributed by atoms with Crippen LogP contribution in [0.3, 0.4) is 0 Å². The number of benzene rings is 1. The molecule has 134 valence electrons. The van der Waals surface area contributed by atoms with Crippen LogP contribution in [0.15, 0.2) is 29.6 Å². The zero-order valence-electron chi connectivity index (χ0n) is 13.8. The van der Waals surface area contributed by atoms with Crippen LogP contribution in [0.5, 0.6) is 0 Å². The normalized spacial score (nSPS) is 22.8. The van der Waals surface area contributed by atoms with Gasteiger partial charge in [-0.05, 0) is 43.8 Å². The highest BCUT2D eigenvalue weighted by atomic mass is 35.5. The van der Waals surface area contributed by atoms with Gasteiger partial charge >= 0.3 is 0 Å². The summed E-state index contributed by atoms with van der Waals surface area (Å²) >= 11 is 7.72. The Hall–Kier alpha value is -1.14. The highest BCUT2D eigenvalue weighted by Crippen LogP contribution is 2.31. The number of nitrogens with one attached hydrogen (secondary N) is 1. The fraction of sp³-hybridized carbons (Fsp3) is 0.444. The van der Waals surface area contributed by atoms with Crippen LogP contribution >= 0.6 is 35.3 Å². The van der Waals surface area contributed by atoms with Gasteiger partial charge in [0.05, 0.1) is 5.02 Å². The van der Waals surface area contributed by atoms with Crippen molar-refractivity contribution in [1.29, 1.82) is 0 Å². The first kappa shape index (κ1) is 18.6. The quantitative estimate of drug-likeness (QED) is 0.833. The van der Waals surface area contributed by atoms with Crippen LogP contribution in [0, 0.1) is 11.8 Å². The molecule has 2 aliphatic heterocycles. The topological polar surface area (TPSA) is 45.2 Å². The van der Waals surface area contributed by atoms with E-state index in [-0.39, 0.29) is 18.3 Å². The largest absolute Gasteiger partial charge is 0.337 e. The molecule has 2 fully saturated rings. The van der Waals surface area contributed by atoms with Gasteiger partial charge in [-0.25, -0.2) is 4.98 Å². The fourth-order valence-electron chi connectivity index (χ4n) is 3.71. The summed E-state index contributed by atoms with van der Waals surface area (Å²) in [5.74, 6) is 1.49. The number of carbonyl (C=O) groups excluding carboxylic acids is 1. The van der Waals surface area contributed by atoms with E-state index < -0.39 is 0 Å². The average molecular weight is 398 g/mol. The number of halogens is 2. The van der Waals surface area contributed by atoms with Crippen molar-refractivity contribution in [3.05, 3.63) is 40.4 Å². The number of carbonyl (C=O) groups is 1. The Balaban J connectivity index is 0.00000182. The second kappa shape index (κ2) is 8.04. The Labute approximate surface area is 163 Å². The molecular weight excluding hydrogens is 377 g/mol. The Morgan fingerprint density at radius 3 is 2.56 bits per heavy atom. The summed E-state index contributed by atoms with van der Waals surface area (Å²) in [5, 5.41) is 6.80. The van der Waals surface area contributed by atoms with Crippen molar-refractivity contribution in [2.24, 2.45) is 11.8 Å². The fourth-order valence-corrected chi connectivity index (χ4v) is 4.83. The standard InChI is InChI=1S/C18H20ClN3OS.ClH/c19-15-4-2-1-3-14(15)17-21-16(11-24-17)18(23)22-7-5-12-9-20-10-13(12)6-8-22;/h1-4,11-13,20H,5-10H2;1H/t12-,13+;. The van der Waals surface area contributed by atoms with Crippen molar-refractivity contribution in [2.75, 3.05) is 26.2 Å². The second-order valence-corrected chi connectivity index (χ2v) is 7.83. The van der Waals surface area contributed by atoms with Crippen molar-refractivity contribution in [3.8, 4) is 10.6 Å². The number of nitrogens with zero attached hydrogens (tertiary/aromatic N) is 2. The monoisotopic (exact) mass is 397 g/mol. The molecule has 1 aromatic heterocycles. The van der Waals surface area contributed by atoms with Gasteiger partial charge in [0.15, 0.2) is 0 Å². The SMILES string of the molecule is Cl.O=C(c1csc(-c2ccccc2Cl)n1)N1CC[C@@H]2CNC[C@@H]2CC1. The van der Waals surface area contributed by atoms with E-state index in [4.69, 9.17) is 11.6 Å². The third kappa shape index (κ3) is 3.85. The van der Waals surface area contributed by atoms with Gasteiger partial charge in [0.1, 0.15) is 10.7 Å². The number of aromatic nitrogens is 1. The van der Waals surface area contributed by atoms with Crippen molar-refractivity contribution >= 4 is 41.3 Å². The molecule has 2 saturated heterocycles. The van der Waals surface area contributed by atoms with Gasteiger partial charge < -0.3 is 10.2 Å². The van der Waals surface area contributed by atoms with Crippen LogP contribution in [0.1, 0.15) is 23.3 Å². The highest BCUT2D eigenvalue weighted by molar-refractivity contribution is 7.13. The van der Waals surface area contributed by atoms with Crippen molar-refractivity contribution in [2.45, 2.75) is 12.8 Å². The van der Waals surface area contributed by atoms with Gasteiger partial charge in [0.2, 0.25) is 0 Å². The molecule has 0 aliphatic carbocycles. The Morgan fingerprint density at radius 2 is 1.88 bits per heavy atom. The first-order chi connectivity index (χ1) is 11.7. The number of thiazole rings is 1. The molecule has 2 atom stereocenters. The lowest BCUT2D eigenvalue weighted by molar-refractivity contribution is 0.0753. The molecule has 0 unspecified atom stereocenters. The Kier molecular flexibility index (Phi) is 6.00. The molecule has 7 heteroatoms. The maximum atomic E-state index is 12.8. The van der Waals surface area contributed by atoms with Crippen molar-refractivity contribution in [1.82, 2.24) is 15.2 Å². The maximum absolute atomic E-state index is 12.8. The van der Waals surface area contributed by atoms with E-state index in [0.29, 0.717) is 10.7 Å². The molecule has 3 heterocycles. The zero-order chi connectivity index (χ0) is 16.5. The van der Waals surface area contributed by atoms with Gasteiger partial charge in [-0.15, -0.1) is 23.7 Å². The molecule has 25 heavy (non-hydrogen) atoms. The summed E-state index contributed by atoms with van der Waals surface area (Å²) in [6.07, 6.45) is 2.18. The van der Waals surface area contributed by atoms with Crippen LogP contribution in [0.2, 0.25) is 5.02 Å². The number of fused-ring (bicyclic) bond motifs is 1. The predicted molar refractivity (Wildman–Crippen MR) is 105 cm³/mol. The molecule has 2 aromatic rings. The van der Waals surface area contributed by atoms with E-state index >= 15 is 0 Å². The summed E-state index contributed by atoms with van der Waals surface area (Å²) in [6, 6.07) is 7.62. The summed E-state index contributed by atoms with van der Waals surface area (Å²) in [4.78, 5) is 19.3. The van der Waals surface area contributed by atoms with E-state index in [1.165, 1.54) is 11.3 Å². The molecule has 1 N–H and O–H groups in total. The van der Waals surface area contributed by atoms with E-state index in [9.17, 15) is 4.79 Å². The number of rotatable bonds is 2. The molecule has 0 saturated carbocycles. The Morgan fingerprint density at radius 1 is 1.20 bits per heavy atom. The first-order valence-corrected chi connectivity index (χ1v) is 9.68. The van der Waals surface area contributed by atoms with Crippen LogP contribution in [0.4, 0.5) is 0 Å². The molecule has 2 aliphatic rings. The van der Waals surface area contributed by atoms with E-state index in [1.807, 2.05) is 34.5 Å². The summed E-state index contributed by atoms with van der Waals surface area (Å²) < 4.78 is 0. The lowest BCUT2D eigenvalue weighted by atomic mass is 9.92. The summed E-state index contributed by atoms with van der Waals surface area (Å²) in [7, 11) is 0. The number of hydrogen-bond acceptors (Lipinski definition) is 4. The minimum absolute atomic E-state index is 0. The van der Waals surface area contributed by atoms with E-state index in [0.717, 1.165) is 61.4 Å². The minimum Gasteiger partial charge on any atom is -0.337 e. The van der Waals surface area contributed by atoms with Crippen LogP contribution in [-0.4, -0.2) is 42.0 Å². The van der Waals surface area contributed by atoms with Crippen molar-refractivity contribution in [3.63, 3.8) is 0 Å². The second-order valence-electron chi connectivity index (χ2n) is 6.57. The minimum atomic E-state index is 0. The van der Waals surface area contributed by atoms with Gasteiger partial charge in [-0.3, -0.25) is 4.79 Å². The number of hydrogen-bond donors (Lipinski definition) is 1. The summed E-state index contributed by atoms with van der Waals surface area (Å²) in [6.45, 7) is 3.86. The first-order valence-electron chi connectivity index (χ1n) is 8.43. The molecular formula is C18H21Cl2N3OS. The van der Waals surface area contributed by atoms with E-state index in [2.05, 4.69) is 10.3 Å². The van der Waals surface area contributed by atoms with Gasteiger partial charge in [-0.2, -0.15) is 0 Å². The van der Waals surface area contributed by atoms with Gasteiger partial charge in [-0.1, -0.05) is 29.8 Å². The maximum Gasteiger partial charge on any atom is 0.273 e. The van der Waals surface area contributed by atoms with E-state index in [1.54, 1.807) is 0 Å². The molecule has 4 rings (SSSR count). The average Bonchev–Trinajstić information content (AvgIpc) is 3.21. The smallest absolute Gasteiger partial charge is 0.273 e. The summed E-state index contributed by atoms with van der Waals surface area (Å²) in [5.41, 5.74) is 1.43. The molecule has 1 amide bonds. The third-order valence-corrected chi connectivity index (χ3v) is 6.34. The zero-order valence-corrected chi connectivity index (χ0v) is 16.2. The molecule has 0 spiro atoms. The number of likely N-dealkylation sites (tertiary alicyclic amines) is 1. The van der Waals surface area contributed by atoms with Gasteiger partial charge in [0, 0.05) is 24.0 Å². The Bertz CT molecular complexity index is 737. The van der Waals surface area contributed by atoms with Gasteiger partial charge in [0.25, 0.3) is 5.91 Å². The third-order valence-electron chi connectivity index (χ3n) is 5.13. The van der Waals surface area contributed by atoms with Crippen LogP contribution < -0.4 is 5.32 Å². The molecule has 0 bridgehead atoms. The van der Waals surface area contributed by atoms with Crippen molar-refractivity contribution < 1.29 is 4.79 Å². The van der Waals surface area contributed by atoms with Crippen LogP contribution in [0.25, 0.3) is 10.6 Å². The molecule has 1 aromatic carbocycles. The predicted octanol–water partition coefficient (Wildman–Crippen LogP) is 3.96. The molecule has 4 nitrogen and oxygen atoms in total. The lowest BCUT2D eigenvalue weighted by Gasteiger charge is -2.19. The van der Waals surface area contributed by atoms with Crippen LogP contribution in [-0.2, 0) is 0 Å².